The van der Waals surface area contributed by atoms with Gasteiger partial charge in [-0.1, -0.05) is 36.4 Å². The summed E-state index contributed by atoms with van der Waals surface area (Å²) in [5.74, 6) is 0. The van der Waals surface area contributed by atoms with Crippen molar-refractivity contribution >= 4 is 5.69 Å². The van der Waals surface area contributed by atoms with Gasteiger partial charge in [0.25, 0.3) is 0 Å². The second-order valence-corrected chi connectivity index (χ2v) is 5.24. The Kier molecular flexibility index (Phi) is 4.23. The fraction of sp³-hybridized carbons (Fsp3) is 0.294. The number of rotatable bonds is 4. The van der Waals surface area contributed by atoms with E-state index in [2.05, 4.69) is 56.1 Å². The van der Waals surface area contributed by atoms with Gasteiger partial charge in [0.15, 0.2) is 0 Å². The standard InChI is InChI=1S/C17H22N2/c1-13-9-14(2)11-16(10-13)19(3)12-17(18)15-7-5-4-6-8-15/h4-11,17H,12,18H2,1-3H3. The van der Waals surface area contributed by atoms with Gasteiger partial charge in [-0.3, -0.25) is 0 Å². The first kappa shape index (κ1) is 13.6. The van der Waals surface area contributed by atoms with E-state index in [1.54, 1.807) is 0 Å². The lowest BCUT2D eigenvalue weighted by molar-refractivity contribution is 0.703. The monoisotopic (exact) mass is 254 g/mol. The van der Waals surface area contributed by atoms with Gasteiger partial charge < -0.3 is 10.6 Å². The Morgan fingerprint density at radius 1 is 1.00 bits per heavy atom. The van der Waals surface area contributed by atoms with E-state index in [-0.39, 0.29) is 6.04 Å². The van der Waals surface area contributed by atoms with Crippen LogP contribution in [0, 0.1) is 13.8 Å². The highest BCUT2D eigenvalue weighted by molar-refractivity contribution is 5.50. The van der Waals surface area contributed by atoms with Crippen molar-refractivity contribution < 1.29 is 0 Å². The lowest BCUT2D eigenvalue weighted by Crippen LogP contribution is -2.29. The van der Waals surface area contributed by atoms with Crippen molar-refractivity contribution in [3.05, 3.63) is 65.2 Å². The zero-order valence-electron chi connectivity index (χ0n) is 11.9. The van der Waals surface area contributed by atoms with Crippen LogP contribution in [0.15, 0.2) is 48.5 Å². The van der Waals surface area contributed by atoms with Crippen LogP contribution < -0.4 is 10.6 Å². The number of aryl methyl sites for hydroxylation is 2. The van der Waals surface area contributed by atoms with Gasteiger partial charge in [0, 0.05) is 25.3 Å². The minimum absolute atomic E-state index is 0.0343. The molecule has 2 aromatic rings. The van der Waals surface area contributed by atoms with Crippen LogP contribution in [-0.2, 0) is 0 Å². The molecule has 100 valence electrons. The molecule has 0 amide bonds. The summed E-state index contributed by atoms with van der Waals surface area (Å²) in [7, 11) is 2.09. The van der Waals surface area contributed by atoms with Crippen LogP contribution in [0.25, 0.3) is 0 Å². The van der Waals surface area contributed by atoms with Crippen molar-refractivity contribution in [1.29, 1.82) is 0 Å². The Morgan fingerprint density at radius 2 is 1.58 bits per heavy atom. The first-order valence-corrected chi connectivity index (χ1v) is 6.66. The predicted octanol–water partition coefficient (Wildman–Crippen LogP) is 3.44. The summed E-state index contributed by atoms with van der Waals surface area (Å²) in [6, 6.07) is 16.9. The van der Waals surface area contributed by atoms with Gasteiger partial charge >= 0.3 is 0 Å². The smallest absolute Gasteiger partial charge is 0.0473 e. The van der Waals surface area contributed by atoms with Crippen LogP contribution in [0.4, 0.5) is 5.69 Å². The van der Waals surface area contributed by atoms with Crippen LogP contribution in [0.2, 0.25) is 0 Å². The number of likely N-dealkylation sites (N-methyl/N-ethyl adjacent to an activating group) is 1. The number of hydrogen-bond donors (Lipinski definition) is 1. The van der Waals surface area contributed by atoms with E-state index < -0.39 is 0 Å². The molecule has 2 N–H and O–H groups in total. The first-order chi connectivity index (χ1) is 9.06. The Balaban J connectivity index is 2.10. The molecule has 0 aromatic heterocycles. The number of nitrogens with zero attached hydrogens (tertiary/aromatic N) is 1. The molecule has 2 aromatic carbocycles. The van der Waals surface area contributed by atoms with Crippen LogP contribution in [0.1, 0.15) is 22.7 Å². The zero-order valence-corrected chi connectivity index (χ0v) is 11.9. The molecule has 0 aliphatic carbocycles. The van der Waals surface area contributed by atoms with Gasteiger partial charge in [-0.2, -0.15) is 0 Å². The third kappa shape index (κ3) is 3.58. The molecule has 19 heavy (non-hydrogen) atoms. The summed E-state index contributed by atoms with van der Waals surface area (Å²) in [6.45, 7) is 5.07. The van der Waals surface area contributed by atoms with Crippen LogP contribution in [0.5, 0.6) is 0 Å². The largest absolute Gasteiger partial charge is 0.373 e. The van der Waals surface area contributed by atoms with Crippen molar-refractivity contribution in [2.45, 2.75) is 19.9 Å². The highest BCUT2D eigenvalue weighted by atomic mass is 15.1. The van der Waals surface area contributed by atoms with E-state index in [1.807, 2.05) is 18.2 Å². The van der Waals surface area contributed by atoms with Gasteiger partial charge in [-0.25, -0.2) is 0 Å². The molecule has 0 saturated carbocycles. The number of nitrogens with two attached hydrogens (primary N) is 1. The molecule has 1 atom stereocenters. The third-order valence-corrected chi connectivity index (χ3v) is 3.35. The lowest BCUT2D eigenvalue weighted by atomic mass is 10.1. The van der Waals surface area contributed by atoms with E-state index in [4.69, 9.17) is 5.73 Å². The molecule has 0 radical (unpaired) electrons. The van der Waals surface area contributed by atoms with E-state index in [9.17, 15) is 0 Å². The number of benzene rings is 2. The summed E-state index contributed by atoms with van der Waals surface area (Å²) >= 11 is 0. The maximum atomic E-state index is 6.27. The Bertz CT molecular complexity index is 514. The maximum Gasteiger partial charge on any atom is 0.0473 e. The van der Waals surface area contributed by atoms with Gasteiger partial charge in [0.05, 0.1) is 0 Å². The zero-order chi connectivity index (χ0) is 13.8. The van der Waals surface area contributed by atoms with E-state index in [1.165, 1.54) is 22.4 Å². The summed E-state index contributed by atoms with van der Waals surface area (Å²) in [6.07, 6.45) is 0. The second-order valence-electron chi connectivity index (χ2n) is 5.24. The predicted molar refractivity (Wildman–Crippen MR) is 82.6 cm³/mol. The average Bonchev–Trinajstić information content (AvgIpc) is 2.38. The molecule has 0 heterocycles. The molecule has 0 aliphatic heterocycles. The fourth-order valence-electron chi connectivity index (χ4n) is 2.38. The molecule has 0 aliphatic rings. The molecule has 0 bridgehead atoms. The average molecular weight is 254 g/mol. The van der Waals surface area contributed by atoms with Crippen LogP contribution in [-0.4, -0.2) is 13.6 Å². The Labute approximate surface area is 115 Å². The highest BCUT2D eigenvalue weighted by Crippen LogP contribution is 2.20. The van der Waals surface area contributed by atoms with Gasteiger partial charge in [-0.05, 0) is 42.7 Å². The fourth-order valence-corrected chi connectivity index (χ4v) is 2.38. The molecule has 0 fully saturated rings. The molecule has 1 unspecified atom stereocenters. The molecular weight excluding hydrogens is 232 g/mol. The minimum atomic E-state index is 0.0343. The van der Waals surface area contributed by atoms with Gasteiger partial charge in [-0.15, -0.1) is 0 Å². The van der Waals surface area contributed by atoms with Crippen molar-refractivity contribution in [2.75, 3.05) is 18.5 Å². The Morgan fingerprint density at radius 3 is 2.16 bits per heavy atom. The van der Waals surface area contributed by atoms with Crippen molar-refractivity contribution in [1.82, 2.24) is 0 Å². The second kappa shape index (κ2) is 5.89. The molecule has 0 saturated heterocycles. The third-order valence-electron chi connectivity index (χ3n) is 3.35. The summed E-state index contributed by atoms with van der Waals surface area (Å²) in [4.78, 5) is 2.22. The summed E-state index contributed by atoms with van der Waals surface area (Å²) < 4.78 is 0. The van der Waals surface area contributed by atoms with Gasteiger partial charge in [0.2, 0.25) is 0 Å². The number of anilines is 1. The first-order valence-electron chi connectivity index (χ1n) is 6.66. The van der Waals surface area contributed by atoms with Crippen molar-refractivity contribution in [2.24, 2.45) is 5.73 Å². The molecule has 2 nitrogen and oxygen atoms in total. The maximum absolute atomic E-state index is 6.27. The van der Waals surface area contributed by atoms with E-state index >= 15 is 0 Å². The normalized spacial score (nSPS) is 12.2. The number of hydrogen-bond acceptors (Lipinski definition) is 2. The van der Waals surface area contributed by atoms with Crippen LogP contribution >= 0.6 is 0 Å². The van der Waals surface area contributed by atoms with E-state index in [0.29, 0.717) is 0 Å². The Hall–Kier alpha value is -1.80. The van der Waals surface area contributed by atoms with Crippen molar-refractivity contribution in [3.63, 3.8) is 0 Å². The van der Waals surface area contributed by atoms with Crippen LogP contribution in [0.3, 0.4) is 0 Å². The highest BCUT2D eigenvalue weighted by Gasteiger charge is 2.10. The topological polar surface area (TPSA) is 29.3 Å². The van der Waals surface area contributed by atoms with Crippen molar-refractivity contribution in [3.8, 4) is 0 Å². The molecule has 0 spiro atoms. The summed E-state index contributed by atoms with van der Waals surface area (Å²) in [5, 5.41) is 0. The summed E-state index contributed by atoms with van der Waals surface area (Å²) in [5.41, 5.74) is 11.2. The quantitative estimate of drug-likeness (QED) is 0.905. The lowest BCUT2D eigenvalue weighted by Gasteiger charge is -2.24. The molecule has 2 heteroatoms. The SMILES string of the molecule is Cc1cc(C)cc(N(C)CC(N)c2ccccc2)c1. The van der Waals surface area contributed by atoms with Gasteiger partial charge in [0.1, 0.15) is 0 Å². The molecule has 2 rings (SSSR count). The van der Waals surface area contributed by atoms with E-state index in [0.717, 1.165) is 6.54 Å². The minimum Gasteiger partial charge on any atom is -0.373 e. The molecular formula is C17H22N2.